The molecule has 2 aromatic rings. The first kappa shape index (κ1) is 19.6. The maximum absolute atomic E-state index is 12.8. The van der Waals surface area contributed by atoms with Crippen LogP contribution < -0.4 is 5.32 Å². The summed E-state index contributed by atoms with van der Waals surface area (Å²) >= 11 is 0. The molecule has 6 nitrogen and oxygen atoms in total. The van der Waals surface area contributed by atoms with E-state index >= 15 is 0 Å². The van der Waals surface area contributed by atoms with Gasteiger partial charge in [0, 0.05) is 11.7 Å². The van der Waals surface area contributed by atoms with Crippen molar-refractivity contribution in [2.45, 2.75) is 52.1 Å². The molecule has 0 bridgehead atoms. The van der Waals surface area contributed by atoms with E-state index in [1.165, 1.54) is 5.56 Å². The van der Waals surface area contributed by atoms with Crippen molar-refractivity contribution in [3.05, 3.63) is 52.8 Å². The van der Waals surface area contributed by atoms with E-state index in [0.717, 1.165) is 18.5 Å². The number of rotatable bonds is 6. The fourth-order valence-electron chi connectivity index (χ4n) is 3.71. The Labute approximate surface area is 160 Å². The summed E-state index contributed by atoms with van der Waals surface area (Å²) in [6, 6.07) is 10.1. The van der Waals surface area contributed by atoms with Gasteiger partial charge < -0.3 is 5.32 Å². The zero-order valence-electron chi connectivity index (χ0n) is 16.1. The Morgan fingerprint density at radius 3 is 2.63 bits per heavy atom. The molecule has 0 aliphatic carbocycles. The van der Waals surface area contributed by atoms with Gasteiger partial charge in [-0.3, -0.25) is 9.48 Å². The summed E-state index contributed by atoms with van der Waals surface area (Å²) in [5.41, 5.74) is 3.19. The van der Waals surface area contributed by atoms with Crippen molar-refractivity contribution >= 4 is 15.7 Å². The van der Waals surface area contributed by atoms with E-state index in [9.17, 15) is 13.2 Å². The SMILES string of the molecule is Cc1nn([C@@H]2CCS(=O)(=O)C2)c(C)c1C(=O)N[C@H](C)CCc1ccccc1. The van der Waals surface area contributed by atoms with E-state index in [4.69, 9.17) is 0 Å². The summed E-state index contributed by atoms with van der Waals surface area (Å²) < 4.78 is 25.3. The molecule has 1 aliphatic rings. The minimum atomic E-state index is -3.00. The van der Waals surface area contributed by atoms with E-state index in [-0.39, 0.29) is 29.5 Å². The van der Waals surface area contributed by atoms with Crippen LogP contribution in [-0.2, 0) is 16.3 Å². The van der Waals surface area contributed by atoms with Crippen LogP contribution in [0.5, 0.6) is 0 Å². The maximum atomic E-state index is 12.8. The van der Waals surface area contributed by atoms with Gasteiger partial charge in [-0.25, -0.2) is 8.42 Å². The third-order valence-corrected chi connectivity index (χ3v) is 6.94. The molecule has 1 aromatic heterocycles. The van der Waals surface area contributed by atoms with Crippen LogP contribution in [0.25, 0.3) is 0 Å². The van der Waals surface area contributed by atoms with Crippen molar-refractivity contribution in [3.63, 3.8) is 0 Å². The Balaban J connectivity index is 1.66. The van der Waals surface area contributed by atoms with Gasteiger partial charge in [-0.15, -0.1) is 0 Å². The van der Waals surface area contributed by atoms with E-state index in [2.05, 4.69) is 22.5 Å². The summed E-state index contributed by atoms with van der Waals surface area (Å²) in [5, 5.41) is 7.53. The lowest BCUT2D eigenvalue weighted by atomic mass is 10.1. The van der Waals surface area contributed by atoms with Crippen LogP contribution in [0.3, 0.4) is 0 Å². The highest BCUT2D eigenvalue weighted by atomic mass is 32.2. The zero-order chi connectivity index (χ0) is 19.6. The van der Waals surface area contributed by atoms with Gasteiger partial charge in [-0.1, -0.05) is 30.3 Å². The molecule has 1 aromatic carbocycles. The first-order valence-corrected chi connectivity index (χ1v) is 11.2. The van der Waals surface area contributed by atoms with Crippen LogP contribution in [0.15, 0.2) is 30.3 Å². The lowest BCUT2D eigenvalue weighted by Crippen LogP contribution is -2.33. The number of carbonyl (C=O) groups is 1. The lowest BCUT2D eigenvalue weighted by molar-refractivity contribution is 0.0937. The number of sulfone groups is 1. The van der Waals surface area contributed by atoms with Crippen molar-refractivity contribution < 1.29 is 13.2 Å². The standard InChI is InChI=1S/C20H27N3O3S/c1-14(9-10-17-7-5-4-6-8-17)21-20(24)19-15(2)22-23(16(19)3)18-11-12-27(25,26)13-18/h4-8,14,18H,9-13H2,1-3H3,(H,21,24)/t14-,18-/m1/s1. The number of nitrogens with one attached hydrogen (secondary N) is 1. The average molecular weight is 390 g/mol. The minimum Gasteiger partial charge on any atom is -0.349 e. The molecule has 7 heteroatoms. The molecule has 2 heterocycles. The Morgan fingerprint density at radius 2 is 2.00 bits per heavy atom. The highest BCUT2D eigenvalue weighted by Gasteiger charge is 2.32. The zero-order valence-corrected chi connectivity index (χ0v) is 16.9. The van der Waals surface area contributed by atoms with E-state index in [0.29, 0.717) is 17.7 Å². The van der Waals surface area contributed by atoms with Gasteiger partial charge in [0.15, 0.2) is 9.84 Å². The number of nitrogens with zero attached hydrogens (tertiary/aromatic N) is 2. The van der Waals surface area contributed by atoms with Gasteiger partial charge in [-0.2, -0.15) is 5.10 Å². The average Bonchev–Trinajstić information content (AvgIpc) is 3.12. The molecule has 1 saturated heterocycles. The van der Waals surface area contributed by atoms with Gasteiger partial charge in [0.1, 0.15) is 0 Å². The van der Waals surface area contributed by atoms with Gasteiger partial charge in [0.25, 0.3) is 5.91 Å². The molecule has 1 aliphatic heterocycles. The van der Waals surface area contributed by atoms with Crippen molar-refractivity contribution in [1.29, 1.82) is 0 Å². The molecule has 0 saturated carbocycles. The molecule has 27 heavy (non-hydrogen) atoms. The van der Waals surface area contributed by atoms with Gasteiger partial charge in [0.2, 0.25) is 0 Å². The molecule has 1 amide bonds. The molecular weight excluding hydrogens is 362 g/mol. The van der Waals surface area contributed by atoms with Crippen LogP contribution in [0.1, 0.15) is 53.1 Å². The predicted octanol–water partition coefficient (Wildman–Crippen LogP) is 2.61. The highest BCUT2D eigenvalue weighted by Crippen LogP contribution is 2.26. The molecule has 0 radical (unpaired) electrons. The molecular formula is C20H27N3O3S. The fraction of sp³-hybridized carbons (Fsp3) is 0.500. The summed E-state index contributed by atoms with van der Waals surface area (Å²) in [6.45, 7) is 5.64. The molecule has 0 spiro atoms. The number of hydrogen-bond acceptors (Lipinski definition) is 4. The molecule has 0 unspecified atom stereocenters. The maximum Gasteiger partial charge on any atom is 0.255 e. The van der Waals surface area contributed by atoms with Gasteiger partial charge >= 0.3 is 0 Å². The Hall–Kier alpha value is -2.15. The summed E-state index contributed by atoms with van der Waals surface area (Å²) in [7, 11) is -3.00. The topological polar surface area (TPSA) is 81.1 Å². The lowest BCUT2D eigenvalue weighted by Gasteiger charge is -2.15. The number of aromatic nitrogens is 2. The number of aryl methyl sites for hydroxylation is 2. The molecule has 3 rings (SSSR count). The van der Waals surface area contributed by atoms with Crippen LogP contribution in [0.4, 0.5) is 0 Å². The minimum absolute atomic E-state index is 0.0340. The van der Waals surface area contributed by atoms with E-state index in [1.807, 2.05) is 32.0 Å². The second-order valence-corrected chi connectivity index (χ2v) is 9.67. The number of carbonyl (C=O) groups excluding carboxylic acids is 1. The molecule has 1 N–H and O–H groups in total. The number of amides is 1. The van der Waals surface area contributed by atoms with Crippen molar-refractivity contribution in [2.24, 2.45) is 0 Å². The first-order chi connectivity index (χ1) is 12.8. The fourth-order valence-corrected chi connectivity index (χ4v) is 5.40. The second kappa shape index (κ2) is 7.84. The summed E-state index contributed by atoms with van der Waals surface area (Å²) in [4.78, 5) is 12.8. The molecule has 1 fully saturated rings. The second-order valence-electron chi connectivity index (χ2n) is 7.45. The van der Waals surface area contributed by atoms with Gasteiger partial charge in [-0.05, 0) is 45.6 Å². The highest BCUT2D eigenvalue weighted by molar-refractivity contribution is 7.91. The van der Waals surface area contributed by atoms with E-state index in [1.54, 1.807) is 11.6 Å². The van der Waals surface area contributed by atoms with Crippen LogP contribution in [-0.4, -0.2) is 41.7 Å². The van der Waals surface area contributed by atoms with Crippen LogP contribution in [0.2, 0.25) is 0 Å². The summed E-state index contributed by atoms with van der Waals surface area (Å²) in [5.74, 6) is 0.148. The van der Waals surface area contributed by atoms with Crippen molar-refractivity contribution in [2.75, 3.05) is 11.5 Å². The third-order valence-electron chi connectivity index (χ3n) is 5.19. The third kappa shape index (κ3) is 4.58. The summed E-state index contributed by atoms with van der Waals surface area (Å²) in [6.07, 6.45) is 2.31. The normalized spacial score (nSPS) is 19.7. The predicted molar refractivity (Wildman–Crippen MR) is 106 cm³/mol. The van der Waals surface area contributed by atoms with Crippen LogP contribution in [0, 0.1) is 13.8 Å². The Morgan fingerprint density at radius 1 is 1.30 bits per heavy atom. The molecule has 146 valence electrons. The van der Waals surface area contributed by atoms with E-state index < -0.39 is 9.84 Å². The van der Waals surface area contributed by atoms with Crippen LogP contribution >= 0.6 is 0 Å². The number of benzene rings is 1. The van der Waals surface area contributed by atoms with Gasteiger partial charge in [0.05, 0.1) is 28.8 Å². The first-order valence-electron chi connectivity index (χ1n) is 9.38. The molecule has 2 atom stereocenters. The van der Waals surface area contributed by atoms with Crippen molar-refractivity contribution in [3.8, 4) is 0 Å². The largest absolute Gasteiger partial charge is 0.349 e. The number of hydrogen-bond donors (Lipinski definition) is 1. The quantitative estimate of drug-likeness (QED) is 0.823. The monoisotopic (exact) mass is 389 g/mol. The smallest absolute Gasteiger partial charge is 0.255 e. The Bertz CT molecular complexity index is 919. The van der Waals surface area contributed by atoms with Crippen molar-refractivity contribution in [1.82, 2.24) is 15.1 Å². The Kier molecular flexibility index (Phi) is 5.69.